The summed E-state index contributed by atoms with van der Waals surface area (Å²) in [5, 5.41) is 7.65. The Morgan fingerprint density at radius 3 is 2.76 bits per heavy atom. The molecule has 1 saturated heterocycles. The van der Waals surface area contributed by atoms with Gasteiger partial charge in [-0.1, -0.05) is 18.2 Å². The molecular weight excluding hydrogens is 481 g/mol. The van der Waals surface area contributed by atoms with Crippen LogP contribution >= 0.6 is 24.0 Å². The molecule has 1 aromatic carbocycles. The molecule has 3 rings (SSSR count). The predicted molar refractivity (Wildman–Crippen MR) is 126 cm³/mol. The zero-order valence-electron chi connectivity index (χ0n) is 17.7. The number of benzene rings is 1. The molecule has 1 aliphatic heterocycles. The van der Waals surface area contributed by atoms with Crippen LogP contribution in [0.5, 0.6) is 5.75 Å². The van der Waals surface area contributed by atoms with E-state index in [0.29, 0.717) is 19.8 Å². The van der Waals surface area contributed by atoms with Crippen molar-refractivity contribution in [3.63, 3.8) is 0 Å². The van der Waals surface area contributed by atoms with Gasteiger partial charge in [-0.05, 0) is 31.9 Å². The van der Waals surface area contributed by atoms with Crippen molar-refractivity contribution >= 4 is 29.9 Å². The minimum atomic E-state index is 0. The fourth-order valence-corrected chi connectivity index (χ4v) is 3.40. The lowest BCUT2D eigenvalue weighted by molar-refractivity contribution is -0.00805. The summed E-state index contributed by atoms with van der Waals surface area (Å²) in [6.07, 6.45) is 3.89. The molecule has 1 fully saturated rings. The van der Waals surface area contributed by atoms with Crippen LogP contribution in [-0.4, -0.2) is 60.0 Å². The highest BCUT2D eigenvalue weighted by Crippen LogP contribution is 2.23. The monoisotopic (exact) mass is 513 g/mol. The number of aryl methyl sites for hydroxylation is 3. The molecule has 0 aliphatic carbocycles. The summed E-state index contributed by atoms with van der Waals surface area (Å²) in [6.45, 7) is 10.5. The van der Waals surface area contributed by atoms with E-state index < -0.39 is 0 Å². The van der Waals surface area contributed by atoms with Gasteiger partial charge < -0.3 is 19.7 Å². The minimum absolute atomic E-state index is 0. The Kier molecular flexibility index (Phi) is 9.22. The van der Waals surface area contributed by atoms with Crippen molar-refractivity contribution in [2.45, 2.75) is 26.9 Å². The highest BCUT2D eigenvalue weighted by atomic mass is 127. The summed E-state index contributed by atoms with van der Waals surface area (Å²) in [5.41, 5.74) is 3.41. The molecule has 0 radical (unpaired) electrons. The van der Waals surface area contributed by atoms with Gasteiger partial charge in [0.05, 0.1) is 25.9 Å². The first-order chi connectivity index (χ1) is 13.6. The number of guanidine groups is 1. The Labute approximate surface area is 190 Å². The number of ether oxygens (including phenoxy) is 2. The van der Waals surface area contributed by atoms with Crippen LogP contribution in [-0.2, 0) is 11.8 Å². The third kappa shape index (κ3) is 6.33. The van der Waals surface area contributed by atoms with E-state index in [4.69, 9.17) is 14.5 Å². The van der Waals surface area contributed by atoms with Crippen molar-refractivity contribution in [3.05, 3.63) is 47.3 Å². The quantitative estimate of drug-likeness (QED) is 0.279. The molecule has 29 heavy (non-hydrogen) atoms. The molecule has 0 saturated carbocycles. The molecule has 2 heterocycles. The number of aliphatic imine (C=N–C) groups is 1. The topological polar surface area (TPSA) is 63.9 Å². The molecule has 1 aromatic heterocycles. The summed E-state index contributed by atoms with van der Waals surface area (Å²) in [4.78, 5) is 7.03. The molecule has 0 spiro atoms. The van der Waals surface area contributed by atoms with Crippen molar-refractivity contribution in [2.75, 3.05) is 39.4 Å². The Morgan fingerprint density at radius 1 is 1.34 bits per heavy atom. The highest BCUT2D eigenvalue weighted by molar-refractivity contribution is 14.0. The third-order valence-electron chi connectivity index (χ3n) is 4.81. The standard InChI is InChI=1S/C21H31N5O2.HI/c1-5-22-21(23-9-11-28-20-16(2)7-6-8-17(20)3)26-10-12-27-19(15-26)18-13-24-25(4)14-18;/h6-8,13-14,19H,5,9-12,15H2,1-4H3,(H,22,23);1H. The summed E-state index contributed by atoms with van der Waals surface area (Å²) >= 11 is 0. The molecule has 160 valence electrons. The maximum Gasteiger partial charge on any atom is 0.194 e. The molecule has 7 nitrogen and oxygen atoms in total. The number of para-hydroxylation sites is 1. The summed E-state index contributed by atoms with van der Waals surface area (Å²) in [5.74, 6) is 1.87. The van der Waals surface area contributed by atoms with E-state index in [9.17, 15) is 0 Å². The van der Waals surface area contributed by atoms with Gasteiger partial charge >= 0.3 is 0 Å². The van der Waals surface area contributed by atoms with E-state index in [-0.39, 0.29) is 30.1 Å². The van der Waals surface area contributed by atoms with E-state index in [1.807, 2.05) is 24.1 Å². The fourth-order valence-electron chi connectivity index (χ4n) is 3.40. The van der Waals surface area contributed by atoms with Gasteiger partial charge in [0, 0.05) is 31.9 Å². The number of aromatic nitrogens is 2. The van der Waals surface area contributed by atoms with Gasteiger partial charge in [-0.2, -0.15) is 5.10 Å². The predicted octanol–water partition coefficient (Wildman–Crippen LogP) is 3.07. The second kappa shape index (κ2) is 11.4. The Hall–Kier alpha value is -1.81. The van der Waals surface area contributed by atoms with E-state index in [0.717, 1.165) is 48.0 Å². The average molecular weight is 513 g/mol. The first kappa shape index (κ1) is 23.5. The largest absolute Gasteiger partial charge is 0.491 e. The number of hydrogen-bond donors (Lipinski definition) is 1. The van der Waals surface area contributed by atoms with E-state index in [1.54, 1.807) is 0 Å². The zero-order valence-corrected chi connectivity index (χ0v) is 20.1. The molecule has 1 atom stereocenters. The maximum atomic E-state index is 5.99. The van der Waals surface area contributed by atoms with Crippen LogP contribution in [0.4, 0.5) is 0 Å². The first-order valence-electron chi connectivity index (χ1n) is 9.91. The van der Waals surface area contributed by atoms with Crippen LogP contribution in [0.3, 0.4) is 0 Å². The van der Waals surface area contributed by atoms with Crippen LogP contribution in [0.25, 0.3) is 0 Å². The van der Waals surface area contributed by atoms with Crippen molar-refractivity contribution in [3.8, 4) is 5.75 Å². The summed E-state index contributed by atoms with van der Waals surface area (Å²) < 4.78 is 13.7. The normalized spacial score (nSPS) is 17.0. The van der Waals surface area contributed by atoms with Crippen LogP contribution in [0.1, 0.15) is 29.7 Å². The molecule has 1 aliphatic rings. The number of halogens is 1. The number of nitrogens with one attached hydrogen (secondary N) is 1. The van der Waals surface area contributed by atoms with Crippen molar-refractivity contribution < 1.29 is 9.47 Å². The van der Waals surface area contributed by atoms with Crippen LogP contribution in [0, 0.1) is 13.8 Å². The summed E-state index contributed by atoms with van der Waals surface area (Å²) in [6, 6.07) is 6.19. The van der Waals surface area contributed by atoms with Crippen molar-refractivity contribution in [1.82, 2.24) is 20.0 Å². The molecule has 1 unspecified atom stereocenters. The number of hydrogen-bond acceptors (Lipinski definition) is 4. The first-order valence-corrected chi connectivity index (χ1v) is 9.91. The minimum Gasteiger partial charge on any atom is -0.491 e. The van der Waals surface area contributed by atoms with E-state index in [2.05, 4.69) is 54.3 Å². The van der Waals surface area contributed by atoms with Gasteiger partial charge in [-0.15, -0.1) is 24.0 Å². The lowest BCUT2D eigenvalue weighted by Gasteiger charge is -2.34. The molecule has 2 aromatic rings. The maximum absolute atomic E-state index is 5.99. The molecule has 8 heteroatoms. The summed E-state index contributed by atoms with van der Waals surface area (Å²) in [7, 11) is 1.92. The van der Waals surface area contributed by atoms with Gasteiger partial charge in [0.1, 0.15) is 18.5 Å². The van der Waals surface area contributed by atoms with Crippen molar-refractivity contribution in [1.29, 1.82) is 0 Å². The Bertz CT molecular complexity index is 788. The molecule has 1 N–H and O–H groups in total. The number of morpholine rings is 1. The van der Waals surface area contributed by atoms with Crippen LogP contribution in [0.2, 0.25) is 0 Å². The fraction of sp³-hybridized carbons (Fsp3) is 0.524. The second-order valence-corrected chi connectivity index (χ2v) is 7.06. The van der Waals surface area contributed by atoms with Gasteiger partial charge in [0.25, 0.3) is 0 Å². The van der Waals surface area contributed by atoms with Crippen LogP contribution < -0.4 is 10.1 Å². The molecule has 0 bridgehead atoms. The highest BCUT2D eigenvalue weighted by Gasteiger charge is 2.25. The van der Waals surface area contributed by atoms with E-state index >= 15 is 0 Å². The van der Waals surface area contributed by atoms with Crippen LogP contribution in [0.15, 0.2) is 35.6 Å². The van der Waals surface area contributed by atoms with Gasteiger partial charge in [0.15, 0.2) is 5.96 Å². The zero-order chi connectivity index (χ0) is 19.9. The van der Waals surface area contributed by atoms with E-state index in [1.165, 1.54) is 0 Å². The second-order valence-electron chi connectivity index (χ2n) is 7.06. The lowest BCUT2D eigenvalue weighted by Crippen LogP contribution is -2.48. The smallest absolute Gasteiger partial charge is 0.194 e. The Balaban J connectivity index is 0.00000300. The number of rotatable bonds is 6. The van der Waals surface area contributed by atoms with Gasteiger partial charge in [0.2, 0.25) is 0 Å². The number of nitrogens with zero attached hydrogens (tertiary/aromatic N) is 4. The SMILES string of the molecule is CCNC(=NCCOc1c(C)cccc1C)N1CCOC(c2cnn(C)c2)C1.I. The molecular formula is C21H32IN5O2. The van der Waals surface area contributed by atoms with Crippen molar-refractivity contribution in [2.24, 2.45) is 12.0 Å². The average Bonchev–Trinajstić information content (AvgIpc) is 3.13. The van der Waals surface area contributed by atoms with Gasteiger partial charge in [-0.25, -0.2) is 4.99 Å². The lowest BCUT2D eigenvalue weighted by atomic mass is 10.1. The Morgan fingerprint density at radius 2 is 2.10 bits per heavy atom. The van der Waals surface area contributed by atoms with Gasteiger partial charge in [-0.3, -0.25) is 4.68 Å². The third-order valence-corrected chi connectivity index (χ3v) is 4.81. The molecule has 0 amide bonds.